The van der Waals surface area contributed by atoms with Crippen LogP contribution in [0.2, 0.25) is 0 Å². The molecule has 0 unspecified atom stereocenters. The summed E-state index contributed by atoms with van der Waals surface area (Å²) in [5, 5.41) is 22.5. The zero-order valence-corrected chi connectivity index (χ0v) is 19.2. The van der Waals surface area contributed by atoms with Crippen LogP contribution in [0.4, 0.5) is 0 Å². The fourth-order valence-corrected chi connectivity index (χ4v) is 9.68. The van der Waals surface area contributed by atoms with Crippen LogP contribution in [0.15, 0.2) is 0 Å². The van der Waals surface area contributed by atoms with Crippen LogP contribution in [0, 0.1) is 40.4 Å². The van der Waals surface area contributed by atoms with E-state index >= 15 is 0 Å². The molecular formula is C25H40O6. The van der Waals surface area contributed by atoms with Gasteiger partial charge in [0.15, 0.2) is 11.6 Å². The Labute approximate surface area is 186 Å². The average Bonchev–Trinajstić information content (AvgIpc) is 3.48. The Hall–Kier alpha value is -0.240. The number of ether oxygens (including phenoxy) is 4. The minimum Gasteiger partial charge on any atom is -0.396 e. The van der Waals surface area contributed by atoms with Crippen molar-refractivity contribution in [2.24, 2.45) is 40.4 Å². The first-order valence-electron chi connectivity index (χ1n) is 12.7. The van der Waals surface area contributed by atoms with Crippen LogP contribution in [0.5, 0.6) is 0 Å². The molecule has 2 aliphatic heterocycles. The van der Waals surface area contributed by atoms with Gasteiger partial charge in [-0.05, 0) is 74.5 Å². The molecule has 4 aliphatic carbocycles. The largest absolute Gasteiger partial charge is 0.396 e. The van der Waals surface area contributed by atoms with E-state index in [-0.39, 0.29) is 35.2 Å². The van der Waals surface area contributed by atoms with Crippen molar-refractivity contribution in [1.29, 1.82) is 0 Å². The van der Waals surface area contributed by atoms with Crippen molar-refractivity contribution in [1.82, 2.24) is 0 Å². The van der Waals surface area contributed by atoms with Crippen LogP contribution >= 0.6 is 0 Å². The van der Waals surface area contributed by atoms with E-state index < -0.39 is 5.79 Å². The third-order valence-electron chi connectivity index (χ3n) is 10.9. The van der Waals surface area contributed by atoms with Gasteiger partial charge in [0.25, 0.3) is 0 Å². The lowest BCUT2D eigenvalue weighted by atomic mass is 9.43. The summed E-state index contributed by atoms with van der Waals surface area (Å²) in [6.45, 7) is 7.29. The summed E-state index contributed by atoms with van der Waals surface area (Å²) >= 11 is 0. The van der Waals surface area contributed by atoms with Crippen molar-refractivity contribution in [2.75, 3.05) is 33.0 Å². The molecule has 31 heavy (non-hydrogen) atoms. The van der Waals surface area contributed by atoms with Gasteiger partial charge >= 0.3 is 0 Å². The Bertz CT molecular complexity index is 700. The van der Waals surface area contributed by atoms with Gasteiger partial charge in [0.2, 0.25) is 0 Å². The van der Waals surface area contributed by atoms with Crippen molar-refractivity contribution in [3.8, 4) is 0 Å². The second-order valence-electron chi connectivity index (χ2n) is 11.9. The molecule has 6 fully saturated rings. The van der Waals surface area contributed by atoms with E-state index in [1.165, 1.54) is 6.42 Å². The van der Waals surface area contributed by atoms with Crippen LogP contribution in [0.1, 0.15) is 65.2 Å². The molecule has 2 heterocycles. The molecule has 0 aromatic rings. The second kappa shape index (κ2) is 7.13. The molecule has 176 valence electrons. The van der Waals surface area contributed by atoms with Gasteiger partial charge in [0.1, 0.15) is 0 Å². The van der Waals surface area contributed by atoms with Gasteiger partial charge in [0, 0.05) is 30.8 Å². The average molecular weight is 437 g/mol. The number of fused-ring (bicyclic) bond motifs is 5. The first kappa shape index (κ1) is 21.3. The Morgan fingerprint density at radius 1 is 0.839 bits per heavy atom. The number of rotatable bonds is 2. The van der Waals surface area contributed by atoms with Crippen LogP contribution in [-0.4, -0.2) is 60.9 Å². The normalized spacial score (nSPS) is 52.6. The SMILES string of the molecule is CC1([C@@H]2CC[C@@H]3[C@@H]4CC[C@H]5CC6(CC[C@]5(C)[C@@H]4[C@H](O)C[C@@]32CO)OCCO6)OCCO1. The van der Waals surface area contributed by atoms with Gasteiger partial charge in [-0.3, -0.25) is 0 Å². The van der Waals surface area contributed by atoms with Gasteiger partial charge in [-0.25, -0.2) is 0 Å². The highest BCUT2D eigenvalue weighted by molar-refractivity contribution is 5.15. The molecule has 6 heteroatoms. The molecule has 0 bridgehead atoms. The number of aliphatic hydroxyl groups is 2. The minimum absolute atomic E-state index is 0.118. The highest BCUT2D eigenvalue weighted by atomic mass is 16.7. The summed E-state index contributed by atoms with van der Waals surface area (Å²) in [5.74, 6) is 0.892. The summed E-state index contributed by atoms with van der Waals surface area (Å²) in [4.78, 5) is 0. The Kier molecular flexibility index (Phi) is 4.90. The molecule has 0 aromatic heterocycles. The maximum atomic E-state index is 11.7. The minimum atomic E-state index is -0.625. The quantitative estimate of drug-likeness (QED) is 0.693. The molecule has 6 aliphatic rings. The Balaban J connectivity index is 1.30. The van der Waals surface area contributed by atoms with Crippen molar-refractivity contribution in [2.45, 2.75) is 82.9 Å². The number of hydrogen-bond donors (Lipinski definition) is 2. The van der Waals surface area contributed by atoms with Gasteiger partial charge in [-0.2, -0.15) is 0 Å². The Morgan fingerprint density at radius 2 is 1.55 bits per heavy atom. The smallest absolute Gasteiger partial charge is 0.169 e. The van der Waals surface area contributed by atoms with E-state index in [4.69, 9.17) is 18.9 Å². The molecular weight excluding hydrogens is 396 g/mol. The van der Waals surface area contributed by atoms with Crippen molar-refractivity contribution in [3.05, 3.63) is 0 Å². The predicted molar refractivity (Wildman–Crippen MR) is 113 cm³/mol. The van der Waals surface area contributed by atoms with E-state index in [9.17, 15) is 10.2 Å². The fraction of sp³-hybridized carbons (Fsp3) is 1.00. The van der Waals surface area contributed by atoms with Gasteiger partial charge in [-0.1, -0.05) is 6.92 Å². The molecule has 6 nitrogen and oxygen atoms in total. The zero-order chi connectivity index (χ0) is 21.5. The van der Waals surface area contributed by atoms with E-state index in [2.05, 4.69) is 13.8 Å². The van der Waals surface area contributed by atoms with Gasteiger partial charge in [-0.15, -0.1) is 0 Å². The molecule has 0 amide bonds. The third kappa shape index (κ3) is 2.85. The first-order chi connectivity index (χ1) is 14.9. The molecule has 2 saturated heterocycles. The fourth-order valence-electron chi connectivity index (χ4n) is 9.68. The molecule has 2 N–H and O–H groups in total. The topological polar surface area (TPSA) is 77.4 Å². The lowest BCUT2D eigenvalue weighted by molar-refractivity contribution is -0.260. The lowest BCUT2D eigenvalue weighted by Gasteiger charge is -2.63. The third-order valence-corrected chi connectivity index (χ3v) is 10.9. The summed E-state index contributed by atoms with van der Waals surface area (Å²) in [6.07, 6.45) is 7.69. The van der Waals surface area contributed by atoms with Crippen LogP contribution < -0.4 is 0 Å². The molecule has 6 rings (SSSR count). The molecule has 0 radical (unpaired) electrons. The molecule has 8 atom stereocenters. The highest BCUT2D eigenvalue weighted by Crippen LogP contribution is 2.69. The zero-order valence-electron chi connectivity index (χ0n) is 19.2. The Morgan fingerprint density at radius 3 is 2.26 bits per heavy atom. The van der Waals surface area contributed by atoms with E-state index in [0.29, 0.717) is 56.5 Å². The summed E-state index contributed by atoms with van der Waals surface area (Å²) in [5.41, 5.74) is -0.177. The van der Waals surface area contributed by atoms with E-state index in [1.54, 1.807) is 0 Å². The van der Waals surface area contributed by atoms with Gasteiger partial charge in [0.05, 0.1) is 32.5 Å². The summed E-state index contributed by atoms with van der Waals surface area (Å²) in [6, 6.07) is 0. The van der Waals surface area contributed by atoms with Crippen molar-refractivity contribution in [3.63, 3.8) is 0 Å². The summed E-state index contributed by atoms with van der Waals surface area (Å²) in [7, 11) is 0. The monoisotopic (exact) mass is 436 g/mol. The molecule has 0 aromatic carbocycles. The maximum Gasteiger partial charge on any atom is 0.169 e. The molecule has 4 saturated carbocycles. The van der Waals surface area contributed by atoms with Crippen molar-refractivity contribution >= 4 is 0 Å². The van der Waals surface area contributed by atoms with E-state index in [0.717, 1.165) is 38.5 Å². The van der Waals surface area contributed by atoms with Gasteiger partial charge < -0.3 is 29.2 Å². The first-order valence-corrected chi connectivity index (χ1v) is 12.7. The predicted octanol–water partition coefficient (Wildman–Crippen LogP) is 3.09. The highest BCUT2D eigenvalue weighted by Gasteiger charge is 2.68. The van der Waals surface area contributed by atoms with E-state index in [1.807, 2.05) is 0 Å². The van der Waals surface area contributed by atoms with Crippen LogP contribution in [-0.2, 0) is 18.9 Å². The van der Waals surface area contributed by atoms with Crippen LogP contribution in [0.3, 0.4) is 0 Å². The number of aliphatic hydroxyl groups excluding tert-OH is 2. The van der Waals surface area contributed by atoms with Crippen molar-refractivity contribution < 1.29 is 29.2 Å². The standard InChI is InChI=1S/C25H40O6/c1-22-7-8-25(30-11-12-31-25)13-16(22)3-4-17-18-5-6-20(23(2)28-9-10-29-23)24(18,15-26)14-19(27)21(17)22/h16-21,26-27H,3-15H2,1-2H3/t16-,17-,18+,19+,20-,21-,22-,24+/m0/s1. The van der Waals surface area contributed by atoms with Crippen LogP contribution in [0.25, 0.3) is 0 Å². The lowest BCUT2D eigenvalue weighted by Crippen LogP contribution is -2.62. The summed E-state index contributed by atoms with van der Waals surface area (Å²) < 4.78 is 24.3. The molecule has 1 spiro atoms. The maximum absolute atomic E-state index is 11.7. The second-order valence-corrected chi connectivity index (χ2v) is 11.9. The number of hydrogen-bond acceptors (Lipinski definition) is 6.